The first kappa shape index (κ1) is 17.0. The molecule has 25 heavy (non-hydrogen) atoms. The van der Waals surface area contributed by atoms with Gasteiger partial charge in [-0.3, -0.25) is 4.79 Å². The Kier molecular flexibility index (Phi) is 5.33. The van der Waals surface area contributed by atoms with Gasteiger partial charge in [0.25, 0.3) is 5.91 Å². The van der Waals surface area contributed by atoms with E-state index < -0.39 is 0 Å². The fourth-order valence-electron chi connectivity index (χ4n) is 3.13. The lowest BCUT2D eigenvalue weighted by Gasteiger charge is -2.30. The van der Waals surface area contributed by atoms with Crippen LogP contribution in [0.3, 0.4) is 0 Å². The van der Waals surface area contributed by atoms with Gasteiger partial charge in [0.1, 0.15) is 5.75 Å². The molecule has 0 unspecified atom stereocenters. The molecule has 1 aliphatic rings. The number of methoxy groups -OCH3 is 1. The molecule has 3 rings (SSSR count). The van der Waals surface area contributed by atoms with Crippen LogP contribution in [0.25, 0.3) is 0 Å². The molecule has 1 amide bonds. The molecule has 0 saturated carbocycles. The lowest BCUT2D eigenvalue weighted by Crippen LogP contribution is -2.38. The lowest BCUT2D eigenvalue weighted by atomic mass is 10.0. The van der Waals surface area contributed by atoms with Gasteiger partial charge in [-0.1, -0.05) is 30.3 Å². The number of anilines is 1. The van der Waals surface area contributed by atoms with Gasteiger partial charge in [-0.2, -0.15) is 5.10 Å². The summed E-state index contributed by atoms with van der Waals surface area (Å²) >= 11 is 0. The predicted octanol–water partition coefficient (Wildman–Crippen LogP) is 2.99. The van der Waals surface area contributed by atoms with Crippen molar-refractivity contribution in [3.05, 3.63) is 59.7 Å². The van der Waals surface area contributed by atoms with Crippen molar-refractivity contribution < 1.29 is 9.53 Å². The maximum Gasteiger partial charge on any atom is 0.259 e. The fraction of sp³-hybridized carbons (Fsp3) is 0.300. The van der Waals surface area contributed by atoms with Gasteiger partial charge >= 0.3 is 0 Å². The summed E-state index contributed by atoms with van der Waals surface area (Å²) in [4.78, 5) is 14.4. The zero-order valence-corrected chi connectivity index (χ0v) is 14.7. The van der Waals surface area contributed by atoms with E-state index in [-0.39, 0.29) is 5.91 Å². The number of ether oxygens (including phenoxy) is 1. The Hall–Kier alpha value is -2.82. The molecular formula is C20H23N3O2. The van der Waals surface area contributed by atoms with Gasteiger partial charge in [0.2, 0.25) is 0 Å². The van der Waals surface area contributed by atoms with Crippen molar-refractivity contribution in [3.8, 4) is 5.75 Å². The average Bonchev–Trinajstić information content (AvgIpc) is 2.66. The lowest BCUT2D eigenvalue weighted by molar-refractivity contribution is -0.119. The Bertz CT molecular complexity index is 786. The van der Waals surface area contributed by atoms with Crippen LogP contribution in [-0.2, 0) is 11.2 Å². The molecule has 5 nitrogen and oxygen atoms in total. The average molecular weight is 337 g/mol. The second kappa shape index (κ2) is 7.83. The van der Waals surface area contributed by atoms with Gasteiger partial charge in [0.05, 0.1) is 19.4 Å². The van der Waals surface area contributed by atoms with Crippen molar-refractivity contribution in [2.75, 3.05) is 25.1 Å². The number of hydrogen-bond donors (Lipinski definition) is 1. The normalized spacial score (nSPS) is 14.0. The number of carbonyl (C=O) groups is 1. The number of fused-ring (bicyclic) bond motifs is 1. The van der Waals surface area contributed by atoms with E-state index in [0.717, 1.165) is 36.4 Å². The number of hydrazone groups is 1. The van der Waals surface area contributed by atoms with E-state index >= 15 is 0 Å². The van der Waals surface area contributed by atoms with Crippen LogP contribution in [0.2, 0.25) is 0 Å². The van der Waals surface area contributed by atoms with E-state index in [2.05, 4.69) is 27.6 Å². The summed E-state index contributed by atoms with van der Waals surface area (Å²) < 4.78 is 5.33. The topological polar surface area (TPSA) is 53.9 Å². The maximum atomic E-state index is 12.3. The molecule has 0 aromatic heterocycles. The Labute approximate surface area is 148 Å². The summed E-state index contributed by atoms with van der Waals surface area (Å²) in [6.07, 6.45) is 2.13. The Balaban J connectivity index is 1.65. The number of nitrogens with zero attached hydrogens (tertiary/aromatic N) is 2. The van der Waals surface area contributed by atoms with Crippen molar-refractivity contribution in [3.63, 3.8) is 0 Å². The molecule has 1 N–H and O–H groups in total. The van der Waals surface area contributed by atoms with Crippen LogP contribution in [0.4, 0.5) is 5.69 Å². The molecule has 0 radical (unpaired) electrons. The fourth-order valence-corrected chi connectivity index (χ4v) is 3.13. The molecular weight excluding hydrogens is 314 g/mol. The van der Waals surface area contributed by atoms with E-state index in [1.165, 1.54) is 5.56 Å². The van der Waals surface area contributed by atoms with Gasteiger partial charge in [-0.05, 0) is 43.5 Å². The van der Waals surface area contributed by atoms with Crippen molar-refractivity contribution >= 4 is 17.3 Å². The van der Waals surface area contributed by atoms with E-state index in [0.29, 0.717) is 12.3 Å². The SMILES string of the molecule is COc1ccccc1/C(C)=N\NC(=O)CN1CCCc2ccccc21. The number of rotatable bonds is 5. The summed E-state index contributed by atoms with van der Waals surface area (Å²) in [6, 6.07) is 15.9. The van der Waals surface area contributed by atoms with Crippen LogP contribution in [-0.4, -0.2) is 31.8 Å². The van der Waals surface area contributed by atoms with Crippen LogP contribution in [0.1, 0.15) is 24.5 Å². The summed E-state index contributed by atoms with van der Waals surface area (Å²) in [5, 5.41) is 4.23. The minimum Gasteiger partial charge on any atom is -0.496 e. The standard InChI is InChI=1S/C20H23N3O2/c1-15(17-10-4-6-12-19(17)25-2)21-22-20(24)14-23-13-7-9-16-8-3-5-11-18(16)23/h3-6,8,10-12H,7,9,13-14H2,1-2H3,(H,22,24)/b21-15-. The van der Waals surface area contributed by atoms with Crippen LogP contribution in [0, 0.1) is 0 Å². The molecule has 130 valence electrons. The summed E-state index contributed by atoms with van der Waals surface area (Å²) in [7, 11) is 1.62. The number of nitrogens with one attached hydrogen (secondary N) is 1. The largest absolute Gasteiger partial charge is 0.496 e. The molecule has 0 fully saturated rings. The minimum atomic E-state index is -0.119. The van der Waals surface area contributed by atoms with E-state index in [9.17, 15) is 4.79 Å². The molecule has 0 saturated heterocycles. The van der Waals surface area contributed by atoms with E-state index in [1.54, 1.807) is 7.11 Å². The van der Waals surface area contributed by atoms with Crippen LogP contribution in [0.5, 0.6) is 5.75 Å². The molecule has 1 heterocycles. The van der Waals surface area contributed by atoms with Crippen molar-refractivity contribution in [1.82, 2.24) is 5.43 Å². The summed E-state index contributed by atoms with van der Waals surface area (Å²) in [6.45, 7) is 3.05. The van der Waals surface area contributed by atoms with Crippen LogP contribution < -0.4 is 15.1 Å². The van der Waals surface area contributed by atoms with Gasteiger partial charge in [-0.25, -0.2) is 5.43 Å². The third-order valence-electron chi connectivity index (χ3n) is 4.39. The summed E-state index contributed by atoms with van der Waals surface area (Å²) in [5.74, 6) is 0.619. The Morgan fingerprint density at radius 2 is 1.96 bits per heavy atom. The van der Waals surface area contributed by atoms with E-state index in [4.69, 9.17) is 4.74 Å². The van der Waals surface area contributed by atoms with Crippen LogP contribution >= 0.6 is 0 Å². The molecule has 0 atom stereocenters. The Morgan fingerprint density at radius 3 is 2.80 bits per heavy atom. The predicted molar refractivity (Wildman–Crippen MR) is 100 cm³/mol. The second-order valence-corrected chi connectivity index (χ2v) is 6.09. The Morgan fingerprint density at radius 1 is 1.20 bits per heavy atom. The number of benzene rings is 2. The third kappa shape index (κ3) is 3.99. The highest BCUT2D eigenvalue weighted by molar-refractivity contribution is 6.01. The highest BCUT2D eigenvalue weighted by atomic mass is 16.5. The molecule has 2 aromatic carbocycles. The molecule has 0 bridgehead atoms. The molecule has 1 aliphatic heterocycles. The van der Waals surface area contributed by atoms with Gasteiger partial charge in [-0.15, -0.1) is 0 Å². The molecule has 5 heteroatoms. The van der Waals surface area contributed by atoms with Gasteiger partial charge < -0.3 is 9.64 Å². The molecule has 0 aliphatic carbocycles. The highest BCUT2D eigenvalue weighted by Crippen LogP contribution is 2.26. The number of hydrogen-bond acceptors (Lipinski definition) is 4. The maximum absolute atomic E-state index is 12.3. The van der Waals surface area contributed by atoms with Crippen molar-refractivity contribution in [2.45, 2.75) is 19.8 Å². The van der Waals surface area contributed by atoms with Crippen molar-refractivity contribution in [2.24, 2.45) is 5.10 Å². The monoisotopic (exact) mass is 337 g/mol. The first-order valence-corrected chi connectivity index (χ1v) is 8.48. The van der Waals surface area contributed by atoms with E-state index in [1.807, 2.05) is 43.3 Å². The zero-order chi connectivity index (χ0) is 17.6. The number of aryl methyl sites for hydroxylation is 1. The number of para-hydroxylation sites is 2. The van der Waals surface area contributed by atoms with Gasteiger partial charge in [0.15, 0.2) is 0 Å². The molecule has 2 aromatic rings. The first-order valence-electron chi connectivity index (χ1n) is 8.48. The van der Waals surface area contributed by atoms with Crippen LogP contribution in [0.15, 0.2) is 53.6 Å². The number of carbonyl (C=O) groups excluding carboxylic acids is 1. The number of amides is 1. The highest BCUT2D eigenvalue weighted by Gasteiger charge is 2.18. The summed E-state index contributed by atoms with van der Waals surface area (Å²) in [5.41, 5.74) is 6.69. The smallest absolute Gasteiger partial charge is 0.259 e. The third-order valence-corrected chi connectivity index (χ3v) is 4.39. The second-order valence-electron chi connectivity index (χ2n) is 6.09. The van der Waals surface area contributed by atoms with Gasteiger partial charge in [0, 0.05) is 17.8 Å². The zero-order valence-electron chi connectivity index (χ0n) is 14.7. The quantitative estimate of drug-likeness (QED) is 0.674. The van der Waals surface area contributed by atoms with Crippen molar-refractivity contribution in [1.29, 1.82) is 0 Å². The molecule has 0 spiro atoms. The first-order chi connectivity index (χ1) is 12.2. The minimum absolute atomic E-state index is 0.119.